The number of nitrogens with zero attached hydrogens (tertiary/aromatic N) is 2. The van der Waals surface area contributed by atoms with Gasteiger partial charge in [0.05, 0.1) is 0 Å². The largest absolute Gasteiger partial charge is 0.476 e. The molecule has 1 aliphatic rings. The molecule has 118 valence electrons. The lowest BCUT2D eigenvalue weighted by molar-refractivity contribution is 0.229. The first kappa shape index (κ1) is 16.7. The van der Waals surface area contributed by atoms with E-state index in [1.807, 2.05) is 0 Å². The van der Waals surface area contributed by atoms with Crippen LogP contribution in [0.5, 0.6) is 5.88 Å². The maximum atomic E-state index is 5.91. The van der Waals surface area contributed by atoms with Crippen LogP contribution >= 0.6 is 15.9 Å². The first-order chi connectivity index (χ1) is 9.94. The molecular formula is C16H26BrN3O. The summed E-state index contributed by atoms with van der Waals surface area (Å²) in [5.41, 5.74) is 1.18. The second-order valence-corrected chi connectivity index (χ2v) is 7.53. The first-order valence-electron chi connectivity index (χ1n) is 7.69. The maximum Gasteiger partial charge on any atom is 0.217 e. The molecule has 2 rings (SSSR count). The van der Waals surface area contributed by atoms with Crippen molar-refractivity contribution < 1.29 is 4.74 Å². The lowest BCUT2D eigenvalue weighted by Gasteiger charge is -2.22. The molecule has 0 amide bonds. The van der Waals surface area contributed by atoms with Gasteiger partial charge in [0.2, 0.25) is 5.88 Å². The Morgan fingerprint density at radius 1 is 1.33 bits per heavy atom. The van der Waals surface area contributed by atoms with Crippen molar-refractivity contribution >= 4 is 15.9 Å². The van der Waals surface area contributed by atoms with Crippen LogP contribution in [0.4, 0.5) is 0 Å². The average molecular weight is 356 g/mol. The number of hydrogen-bond donors (Lipinski definition) is 1. The Balaban J connectivity index is 1.90. The van der Waals surface area contributed by atoms with Gasteiger partial charge in [-0.05, 0) is 68.7 Å². The molecule has 1 fully saturated rings. The summed E-state index contributed by atoms with van der Waals surface area (Å²) in [6, 6.07) is 2.08. The van der Waals surface area contributed by atoms with E-state index in [1.165, 1.54) is 25.9 Å². The van der Waals surface area contributed by atoms with Crippen LogP contribution in [0.25, 0.3) is 0 Å². The lowest BCUT2D eigenvalue weighted by Crippen LogP contribution is -2.35. The van der Waals surface area contributed by atoms with Crippen molar-refractivity contribution in [3.05, 3.63) is 22.3 Å². The van der Waals surface area contributed by atoms with Gasteiger partial charge in [0.25, 0.3) is 0 Å². The fraction of sp³-hybridized carbons (Fsp3) is 0.688. The van der Waals surface area contributed by atoms with Crippen molar-refractivity contribution in [2.45, 2.75) is 45.7 Å². The number of nitrogens with one attached hydrogen (secondary N) is 1. The number of hydrogen-bond acceptors (Lipinski definition) is 4. The summed E-state index contributed by atoms with van der Waals surface area (Å²) in [7, 11) is 0. The normalized spacial score (nSPS) is 16.4. The van der Waals surface area contributed by atoms with Crippen LogP contribution in [-0.4, -0.2) is 41.7 Å². The maximum absolute atomic E-state index is 5.91. The quantitative estimate of drug-likeness (QED) is 0.849. The average Bonchev–Trinajstić information content (AvgIpc) is 2.91. The summed E-state index contributed by atoms with van der Waals surface area (Å²) in [4.78, 5) is 6.87. The molecule has 2 heterocycles. The Kier molecular flexibility index (Phi) is 6.02. The molecule has 1 saturated heterocycles. The number of halogens is 1. The Labute approximate surface area is 136 Å². The lowest BCUT2D eigenvalue weighted by atomic mass is 10.1. The third-order valence-electron chi connectivity index (χ3n) is 3.55. The molecule has 1 aromatic heterocycles. The molecule has 21 heavy (non-hydrogen) atoms. The van der Waals surface area contributed by atoms with Crippen LogP contribution in [0.2, 0.25) is 0 Å². The Morgan fingerprint density at radius 3 is 2.71 bits per heavy atom. The zero-order valence-corrected chi connectivity index (χ0v) is 14.9. The Hall–Kier alpha value is -0.650. The van der Waals surface area contributed by atoms with Crippen LogP contribution in [0, 0.1) is 0 Å². The molecule has 0 unspecified atom stereocenters. The predicted molar refractivity (Wildman–Crippen MR) is 89.7 cm³/mol. The van der Waals surface area contributed by atoms with Gasteiger partial charge in [-0.3, -0.25) is 4.90 Å². The molecule has 0 saturated carbocycles. The van der Waals surface area contributed by atoms with Crippen molar-refractivity contribution in [3.8, 4) is 5.88 Å². The first-order valence-corrected chi connectivity index (χ1v) is 8.48. The molecule has 0 atom stereocenters. The van der Waals surface area contributed by atoms with Crippen molar-refractivity contribution in [1.82, 2.24) is 15.2 Å². The monoisotopic (exact) mass is 355 g/mol. The van der Waals surface area contributed by atoms with E-state index in [1.54, 1.807) is 6.20 Å². The molecule has 1 aliphatic heterocycles. The van der Waals surface area contributed by atoms with Crippen LogP contribution in [0.1, 0.15) is 39.2 Å². The second kappa shape index (κ2) is 7.56. The molecule has 0 aliphatic carbocycles. The fourth-order valence-corrected chi connectivity index (χ4v) is 2.74. The number of likely N-dealkylation sites (tertiary alicyclic amines) is 1. The van der Waals surface area contributed by atoms with Gasteiger partial charge in [-0.25, -0.2) is 4.98 Å². The van der Waals surface area contributed by atoms with Gasteiger partial charge >= 0.3 is 0 Å². The van der Waals surface area contributed by atoms with E-state index in [0.717, 1.165) is 29.0 Å². The highest BCUT2D eigenvalue weighted by Crippen LogP contribution is 2.21. The van der Waals surface area contributed by atoms with Gasteiger partial charge < -0.3 is 10.1 Å². The summed E-state index contributed by atoms with van der Waals surface area (Å²) in [5.74, 6) is 0.745. The number of pyridine rings is 1. The zero-order valence-electron chi connectivity index (χ0n) is 13.3. The van der Waals surface area contributed by atoms with Crippen molar-refractivity contribution in [3.63, 3.8) is 0 Å². The van der Waals surface area contributed by atoms with Crippen molar-refractivity contribution in [2.24, 2.45) is 0 Å². The molecule has 0 spiro atoms. The van der Waals surface area contributed by atoms with Gasteiger partial charge in [0.1, 0.15) is 6.61 Å². The van der Waals surface area contributed by atoms with Crippen LogP contribution in [0.15, 0.2) is 16.7 Å². The summed E-state index contributed by atoms with van der Waals surface area (Å²) >= 11 is 3.48. The van der Waals surface area contributed by atoms with E-state index in [-0.39, 0.29) is 5.54 Å². The number of ether oxygens (including phenoxy) is 1. The molecular weight excluding hydrogens is 330 g/mol. The Bertz CT molecular complexity index is 453. The van der Waals surface area contributed by atoms with Crippen molar-refractivity contribution in [1.29, 1.82) is 0 Å². The third-order valence-corrected chi connectivity index (χ3v) is 3.98. The molecule has 4 nitrogen and oxygen atoms in total. The standard InChI is InChI=1S/C16H26BrN3O/c1-16(2,3)19-11-13-10-14(17)12-18-15(13)21-9-8-20-6-4-5-7-20/h10,12,19H,4-9,11H2,1-3H3. The van der Waals surface area contributed by atoms with Crippen LogP contribution < -0.4 is 10.1 Å². The predicted octanol–water partition coefficient (Wildman–Crippen LogP) is 3.21. The van der Waals surface area contributed by atoms with Gasteiger partial charge in [-0.15, -0.1) is 0 Å². The zero-order chi connectivity index (χ0) is 15.3. The fourth-order valence-electron chi connectivity index (χ4n) is 2.36. The van der Waals surface area contributed by atoms with E-state index < -0.39 is 0 Å². The van der Waals surface area contributed by atoms with E-state index in [4.69, 9.17) is 4.74 Å². The molecule has 0 bridgehead atoms. The van der Waals surface area contributed by atoms with E-state index in [0.29, 0.717) is 6.61 Å². The minimum absolute atomic E-state index is 0.0785. The van der Waals surface area contributed by atoms with Gasteiger partial charge in [0, 0.05) is 34.9 Å². The highest BCUT2D eigenvalue weighted by Gasteiger charge is 2.14. The minimum atomic E-state index is 0.0785. The van der Waals surface area contributed by atoms with Crippen LogP contribution in [-0.2, 0) is 6.54 Å². The molecule has 0 aromatic carbocycles. The molecule has 0 radical (unpaired) electrons. The Morgan fingerprint density at radius 2 is 2.05 bits per heavy atom. The summed E-state index contributed by atoms with van der Waals surface area (Å²) in [6.45, 7) is 11.3. The minimum Gasteiger partial charge on any atom is -0.476 e. The van der Waals surface area contributed by atoms with Crippen LogP contribution in [0.3, 0.4) is 0 Å². The summed E-state index contributed by atoms with van der Waals surface area (Å²) in [6.07, 6.45) is 4.43. The number of aromatic nitrogens is 1. The summed E-state index contributed by atoms with van der Waals surface area (Å²) < 4.78 is 6.89. The highest BCUT2D eigenvalue weighted by atomic mass is 79.9. The molecule has 1 aromatic rings. The second-order valence-electron chi connectivity index (χ2n) is 6.62. The molecule has 5 heteroatoms. The van der Waals surface area contributed by atoms with E-state index >= 15 is 0 Å². The number of rotatable bonds is 6. The van der Waals surface area contributed by atoms with Gasteiger partial charge in [-0.2, -0.15) is 0 Å². The smallest absolute Gasteiger partial charge is 0.217 e. The summed E-state index contributed by atoms with van der Waals surface area (Å²) in [5, 5.41) is 3.49. The highest BCUT2D eigenvalue weighted by molar-refractivity contribution is 9.10. The van der Waals surface area contributed by atoms with Crippen molar-refractivity contribution in [2.75, 3.05) is 26.2 Å². The van der Waals surface area contributed by atoms with E-state index in [9.17, 15) is 0 Å². The van der Waals surface area contributed by atoms with Gasteiger partial charge in [0.15, 0.2) is 0 Å². The molecule has 1 N–H and O–H groups in total. The third kappa shape index (κ3) is 5.93. The topological polar surface area (TPSA) is 37.4 Å². The van der Waals surface area contributed by atoms with Gasteiger partial charge in [-0.1, -0.05) is 0 Å². The SMILES string of the molecule is CC(C)(C)NCc1cc(Br)cnc1OCCN1CCCC1. The van der Waals surface area contributed by atoms with E-state index in [2.05, 4.69) is 58.0 Å².